The van der Waals surface area contributed by atoms with Gasteiger partial charge in [0.25, 0.3) is 5.91 Å². The number of likely N-dealkylation sites (tertiary alicyclic amines) is 1. The van der Waals surface area contributed by atoms with E-state index in [2.05, 4.69) is 37.1 Å². The Hall–Kier alpha value is -3.11. The number of carbonyl (C=O) groups is 1. The third kappa shape index (κ3) is 3.37. The summed E-state index contributed by atoms with van der Waals surface area (Å²) in [6, 6.07) is 23.9. The molecule has 1 saturated heterocycles. The zero-order valence-corrected chi connectivity index (χ0v) is 17.4. The number of likely N-dealkylation sites (N-methyl/N-ethyl adjacent to an activating group) is 1. The van der Waals surface area contributed by atoms with Crippen LogP contribution in [-0.2, 0) is 0 Å². The van der Waals surface area contributed by atoms with E-state index in [9.17, 15) is 4.79 Å². The number of carbonyl (C=O) groups excluding carboxylic acids is 1. The molecule has 4 heteroatoms. The van der Waals surface area contributed by atoms with Crippen molar-refractivity contribution in [2.75, 3.05) is 25.0 Å². The molecule has 0 bridgehead atoms. The second kappa shape index (κ2) is 7.62. The van der Waals surface area contributed by atoms with E-state index in [0.717, 1.165) is 36.7 Å². The Morgan fingerprint density at radius 2 is 1.70 bits per heavy atom. The Bertz CT molecular complexity index is 1060. The minimum atomic E-state index is 0.0726. The van der Waals surface area contributed by atoms with Crippen molar-refractivity contribution in [2.45, 2.75) is 25.3 Å². The summed E-state index contributed by atoms with van der Waals surface area (Å²) in [5, 5.41) is 0. The van der Waals surface area contributed by atoms with E-state index in [1.165, 1.54) is 11.1 Å². The van der Waals surface area contributed by atoms with E-state index < -0.39 is 0 Å². The number of aryl methyl sites for hydroxylation is 1. The first kappa shape index (κ1) is 18.9. The fourth-order valence-corrected chi connectivity index (χ4v) is 4.78. The molecule has 152 valence electrons. The number of hydrogen-bond acceptors (Lipinski definition) is 3. The van der Waals surface area contributed by atoms with Crippen molar-refractivity contribution in [3.05, 3.63) is 89.5 Å². The van der Waals surface area contributed by atoms with Crippen LogP contribution >= 0.6 is 0 Å². The lowest BCUT2D eigenvalue weighted by atomic mass is 9.88. The molecule has 0 aromatic heterocycles. The molecule has 4 nitrogen and oxygen atoms in total. The minimum Gasteiger partial charge on any atom is -0.457 e. The van der Waals surface area contributed by atoms with Crippen molar-refractivity contribution in [1.29, 1.82) is 0 Å². The van der Waals surface area contributed by atoms with Crippen molar-refractivity contribution in [3.63, 3.8) is 0 Å². The number of nitrogens with zero attached hydrogens (tertiary/aromatic N) is 2. The number of benzene rings is 3. The van der Waals surface area contributed by atoms with Crippen LogP contribution in [-0.4, -0.2) is 37.0 Å². The Morgan fingerprint density at radius 1 is 0.967 bits per heavy atom. The quantitative estimate of drug-likeness (QED) is 0.605. The predicted octanol–water partition coefficient (Wildman–Crippen LogP) is 5.24. The van der Waals surface area contributed by atoms with E-state index in [4.69, 9.17) is 4.74 Å². The molecule has 2 aliphatic heterocycles. The Morgan fingerprint density at radius 3 is 2.47 bits per heavy atom. The zero-order chi connectivity index (χ0) is 20.7. The number of piperidine rings is 1. The topological polar surface area (TPSA) is 32.8 Å². The number of rotatable bonds is 3. The summed E-state index contributed by atoms with van der Waals surface area (Å²) in [4.78, 5) is 18.0. The van der Waals surface area contributed by atoms with Crippen molar-refractivity contribution in [1.82, 2.24) is 4.90 Å². The van der Waals surface area contributed by atoms with Crippen LogP contribution in [0.25, 0.3) is 0 Å². The highest BCUT2D eigenvalue weighted by atomic mass is 16.5. The fraction of sp³-hybridized carbons (Fsp3) is 0.269. The Labute approximate surface area is 177 Å². The van der Waals surface area contributed by atoms with Gasteiger partial charge in [0.15, 0.2) is 0 Å². The molecule has 3 aromatic carbocycles. The number of amides is 1. The molecule has 0 radical (unpaired) electrons. The molecule has 3 aromatic rings. The van der Waals surface area contributed by atoms with Crippen molar-refractivity contribution in [2.24, 2.45) is 0 Å². The smallest absolute Gasteiger partial charge is 0.258 e. The number of ether oxygens (including phenoxy) is 1. The fourth-order valence-electron chi connectivity index (χ4n) is 4.78. The van der Waals surface area contributed by atoms with Crippen LogP contribution in [0.5, 0.6) is 11.5 Å². The van der Waals surface area contributed by atoms with E-state index >= 15 is 0 Å². The van der Waals surface area contributed by atoms with Gasteiger partial charge >= 0.3 is 0 Å². The van der Waals surface area contributed by atoms with Gasteiger partial charge in [0, 0.05) is 29.8 Å². The van der Waals surface area contributed by atoms with Crippen LogP contribution < -0.4 is 9.64 Å². The number of para-hydroxylation sites is 1. The molecule has 0 spiro atoms. The molecule has 2 aliphatic rings. The van der Waals surface area contributed by atoms with E-state index in [1.54, 1.807) is 0 Å². The molecule has 1 fully saturated rings. The maximum Gasteiger partial charge on any atom is 0.258 e. The molecule has 1 amide bonds. The van der Waals surface area contributed by atoms with Crippen LogP contribution in [0, 0.1) is 6.92 Å². The Balaban J connectivity index is 1.43. The molecular formula is C26H26N2O2. The summed E-state index contributed by atoms with van der Waals surface area (Å²) >= 11 is 0. The second-order valence-corrected chi connectivity index (χ2v) is 8.40. The van der Waals surface area contributed by atoms with E-state index in [1.807, 2.05) is 59.5 Å². The average molecular weight is 399 g/mol. The first-order chi connectivity index (χ1) is 14.6. The van der Waals surface area contributed by atoms with Crippen LogP contribution in [0.1, 0.15) is 33.8 Å². The largest absolute Gasteiger partial charge is 0.457 e. The molecule has 2 atom stereocenters. The van der Waals surface area contributed by atoms with Crippen LogP contribution in [0.15, 0.2) is 72.8 Å². The third-order valence-electron chi connectivity index (χ3n) is 6.25. The van der Waals surface area contributed by atoms with Gasteiger partial charge in [0.05, 0.1) is 0 Å². The highest BCUT2D eigenvalue weighted by Gasteiger charge is 2.44. The highest BCUT2D eigenvalue weighted by molar-refractivity contribution is 6.08. The minimum absolute atomic E-state index is 0.0726. The van der Waals surface area contributed by atoms with Crippen molar-refractivity contribution >= 4 is 11.6 Å². The SMILES string of the molecule is Cc1ccc2c(c1)[C@H]1CN(C)CC[C@@H]1N2C(=O)c1ccc(Oc2ccccc2)cc1. The van der Waals surface area contributed by atoms with Crippen molar-refractivity contribution in [3.8, 4) is 11.5 Å². The molecule has 0 N–H and O–H groups in total. The number of anilines is 1. The lowest BCUT2D eigenvalue weighted by molar-refractivity contribution is 0.0964. The Kier molecular flexibility index (Phi) is 4.80. The van der Waals surface area contributed by atoms with Gasteiger partial charge in [-0.25, -0.2) is 0 Å². The molecule has 5 rings (SSSR count). The van der Waals surface area contributed by atoms with Gasteiger partial charge in [-0.1, -0.05) is 35.9 Å². The standard InChI is InChI=1S/C26H26N2O2/c1-18-8-13-24-22(16-18)23-17-27(2)15-14-25(23)28(24)26(29)19-9-11-21(12-10-19)30-20-6-4-3-5-7-20/h3-13,16,23,25H,14-15,17H2,1-2H3/t23-,25+/m1/s1. The summed E-state index contributed by atoms with van der Waals surface area (Å²) in [7, 11) is 2.17. The zero-order valence-electron chi connectivity index (χ0n) is 17.4. The van der Waals surface area contributed by atoms with Crippen LogP contribution in [0.4, 0.5) is 5.69 Å². The summed E-state index contributed by atoms with van der Waals surface area (Å²) in [5.74, 6) is 1.97. The van der Waals surface area contributed by atoms with Crippen LogP contribution in [0.2, 0.25) is 0 Å². The molecule has 2 heterocycles. The predicted molar refractivity (Wildman–Crippen MR) is 120 cm³/mol. The first-order valence-corrected chi connectivity index (χ1v) is 10.6. The van der Waals surface area contributed by atoms with Gasteiger partial charge in [0.1, 0.15) is 11.5 Å². The van der Waals surface area contributed by atoms with Crippen LogP contribution in [0.3, 0.4) is 0 Å². The molecule has 30 heavy (non-hydrogen) atoms. The van der Waals surface area contributed by atoms with Gasteiger partial charge in [-0.05, 0) is 75.0 Å². The second-order valence-electron chi connectivity index (χ2n) is 8.40. The third-order valence-corrected chi connectivity index (χ3v) is 6.25. The summed E-state index contributed by atoms with van der Waals surface area (Å²) in [6.07, 6.45) is 0.996. The number of hydrogen-bond donors (Lipinski definition) is 0. The molecule has 0 unspecified atom stereocenters. The maximum atomic E-state index is 13.6. The van der Waals surface area contributed by atoms with Gasteiger partial charge < -0.3 is 14.5 Å². The van der Waals surface area contributed by atoms with E-state index in [-0.39, 0.29) is 11.9 Å². The average Bonchev–Trinajstić information content (AvgIpc) is 3.07. The summed E-state index contributed by atoms with van der Waals surface area (Å²) in [6.45, 7) is 4.13. The van der Waals surface area contributed by atoms with Gasteiger partial charge in [-0.3, -0.25) is 4.79 Å². The van der Waals surface area contributed by atoms with Crippen molar-refractivity contribution < 1.29 is 9.53 Å². The van der Waals surface area contributed by atoms with E-state index in [0.29, 0.717) is 11.5 Å². The maximum absolute atomic E-state index is 13.6. The monoisotopic (exact) mass is 398 g/mol. The molecule has 0 aliphatic carbocycles. The van der Waals surface area contributed by atoms with Gasteiger partial charge in [-0.15, -0.1) is 0 Å². The first-order valence-electron chi connectivity index (χ1n) is 10.6. The normalized spacial score (nSPS) is 20.5. The molecule has 0 saturated carbocycles. The lowest BCUT2D eigenvalue weighted by Gasteiger charge is -2.36. The summed E-state index contributed by atoms with van der Waals surface area (Å²) < 4.78 is 5.88. The van der Waals surface area contributed by atoms with Gasteiger partial charge in [-0.2, -0.15) is 0 Å². The summed E-state index contributed by atoms with van der Waals surface area (Å²) in [5.41, 5.74) is 4.32. The van der Waals surface area contributed by atoms with Gasteiger partial charge in [0.2, 0.25) is 0 Å². The highest BCUT2D eigenvalue weighted by Crippen LogP contribution is 2.45. The number of fused-ring (bicyclic) bond motifs is 3. The lowest BCUT2D eigenvalue weighted by Crippen LogP contribution is -2.47. The molecular weight excluding hydrogens is 372 g/mol.